The number of thiophene rings is 1. The van der Waals surface area contributed by atoms with E-state index in [9.17, 15) is 0 Å². The van der Waals surface area contributed by atoms with Crippen molar-refractivity contribution in [1.82, 2.24) is 20.4 Å². The summed E-state index contributed by atoms with van der Waals surface area (Å²) in [5.74, 6) is 2.48. The number of nitrogens with zero attached hydrogens (tertiary/aromatic N) is 4. The molecule has 6 nitrogen and oxygen atoms in total. The molecule has 24 heavy (non-hydrogen) atoms. The van der Waals surface area contributed by atoms with E-state index in [1.807, 2.05) is 6.92 Å². The predicted octanol–water partition coefficient (Wildman–Crippen LogP) is 2.52. The minimum atomic E-state index is 0.703. The van der Waals surface area contributed by atoms with E-state index < -0.39 is 0 Å². The smallest absolute Gasteiger partial charge is 0.226 e. The van der Waals surface area contributed by atoms with Gasteiger partial charge in [-0.1, -0.05) is 18.1 Å². The summed E-state index contributed by atoms with van der Waals surface area (Å²) in [5, 5.41) is 9.59. The number of likely N-dealkylation sites (tertiary alicyclic amines) is 1. The van der Waals surface area contributed by atoms with Crippen LogP contribution in [0.1, 0.15) is 36.4 Å². The van der Waals surface area contributed by atoms with Gasteiger partial charge in [-0.2, -0.15) is 4.98 Å². The van der Waals surface area contributed by atoms with Crippen LogP contribution in [0.15, 0.2) is 27.0 Å². The standard InChI is InChI=1S/C17H25N5OS/c1-2-16-20-15(21-23-16)8-10-19-17(22-11-3-4-12-22)18-9-7-14-6-5-13-24-14/h5-6,13H,2-4,7-12H2,1H3,(H,18,19). The van der Waals surface area contributed by atoms with Crippen molar-refractivity contribution in [3.63, 3.8) is 0 Å². The van der Waals surface area contributed by atoms with Crippen LogP contribution in [0.25, 0.3) is 0 Å². The number of nitrogens with one attached hydrogen (secondary N) is 1. The number of rotatable bonds is 7. The summed E-state index contributed by atoms with van der Waals surface area (Å²) >= 11 is 1.80. The molecule has 0 atom stereocenters. The van der Waals surface area contributed by atoms with Crippen molar-refractivity contribution in [2.45, 2.75) is 39.0 Å². The Hall–Kier alpha value is -1.89. The summed E-state index contributed by atoms with van der Waals surface area (Å²) in [5.41, 5.74) is 0. The quantitative estimate of drug-likeness (QED) is 0.616. The van der Waals surface area contributed by atoms with Crippen molar-refractivity contribution < 1.29 is 4.52 Å². The number of aryl methyl sites for hydroxylation is 1. The molecule has 1 fully saturated rings. The predicted molar refractivity (Wildman–Crippen MR) is 96.5 cm³/mol. The lowest BCUT2D eigenvalue weighted by molar-refractivity contribution is 0.376. The van der Waals surface area contributed by atoms with Gasteiger partial charge in [-0.15, -0.1) is 11.3 Å². The molecule has 0 bridgehead atoms. The van der Waals surface area contributed by atoms with E-state index >= 15 is 0 Å². The van der Waals surface area contributed by atoms with E-state index in [4.69, 9.17) is 9.52 Å². The molecule has 1 saturated heterocycles. The first-order valence-electron chi connectivity index (χ1n) is 8.72. The van der Waals surface area contributed by atoms with Gasteiger partial charge < -0.3 is 14.7 Å². The van der Waals surface area contributed by atoms with Crippen molar-refractivity contribution in [3.8, 4) is 0 Å². The van der Waals surface area contributed by atoms with Gasteiger partial charge in [-0.3, -0.25) is 4.99 Å². The molecule has 0 aromatic carbocycles. The molecular weight excluding hydrogens is 322 g/mol. The lowest BCUT2D eigenvalue weighted by atomic mass is 10.3. The van der Waals surface area contributed by atoms with E-state index in [-0.39, 0.29) is 0 Å². The molecule has 130 valence electrons. The van der Waals surface area contributed by atoms with E-state index in [2.05, 4.69) is 37.9 Å². The van der Waals surface area contributed by atoms with Gasteiger partial charge in [0.25, 0.3) is 0 Å². The SMILES string of the molecule is CCc1nc(CCNC(=NCCc2cccs2)N2CCCC2)no1. The van der Waals surface area contributed by atoms with Crippen LogP contribution in [0.2, 0.25) is 0 Å². The Morgan fingerprint density at radius 3 is 2.96 bits per heavy atom. The molecule has 1 N–H and O–H groups in total. The molecule has 0 unspecified atom stereocenters. The molecule has 2 aromatic rings. The third-order valence-electron chi connectivity index (χ3n) is 4.05. The van der Waals surface area contributed by atoms with Gasteiger partial charge in [0.2, 0.25) is 5.89 Å². The van der Waals surface area contributed by atoms with Crippen molar-refractivity contribution >= 4 is 17.3 Å². The van der Waals surface area contributed by atoms with Gasteiger partial charge in [0.15, 0.2) is 11.8 Å². The minimum Gasteiger partial charge on any atom is -0.356 e. The molecule has 0 amide bonds. The Balaban J connectivity index is 1.51. The second kappa shape index (κ2) is 8.82. The summed E-state index contributed by atoms with van der Waals surface area (Å²) in [6.07, 6.45) is 5.03. The van der Waals surface area contributed by atoms with Crippen molar-refractivity contribution in [3.05, 3.63) is 34.1 Å². The second-order valence-corrected chi connectivity index (χ2v) is 6.90. The highest BCUT2D eigenvalue weighted by Gasteiger charge is 2.16. The average Bonchev–Trinajstić information content (AvgIpc) is 3.35. The molecule has 7 heteroatoms. The van der Waals surface area contributed by atoms with Crippen molar-refractivity contribution in [1.29, 1.82) is 0 Å². The van der Waals surface area contributed by atoms with E-state index in [1.165, 1.54) is 17.7 Å². The Labute approximate surface area is 147 Å². The van der Waals surface area contributed by atoms with Gasteiger partial charge in [0.1, 0.15) is 0 Å². The van der Waals surface area contributed by atoms with Crippen LogP contribution in [0.5, 0.6) is 0 Å². The van der Waals surface area contributed by atoms with Crippen molar-refractivity contribution in [2.24, 2.45) is 4.99 Å². The third-order valence-corrected chi connectivity index (χ3v) is 4.99. The van der Waals surface area contributed by atoms with Crippen LogP contribution in [-0.4, -0.2) is 47.2 Å². The number of hydrogen-bond donors (Lipinski definition) is 1. The molecule has 0 aliphatic carbocycles. The van der Waals surface area contributed by atoms with Gasteiger partial charge >= 0.3 is 0 Å². The fraction of sp³-hybridized carbons (Fsp3) is 0.588. The van der Waals surface area contributed by atoms with E-state index in [0.29, 0.717) is 5.89 Å². The Morgan fingerprint density at radius 2 is 2.25 bits per heavy atom. The first kappa shape index (κ1) is 17.0. The van der Waals surface area contributed by atoms with E-state index in [0.717, 1.165) is 57.2 Å². The Bertz CT molecular complexity index is 631. The van der Waals surface area contributed by atoms with Gasteiger partial charge in [0.05, 0.1) is 0 Å². The second-order valence-electron chi connectivity index (χ2n) is 5.86. The molecule has 1 aliphatic heterocycles. The molecule has 0 spiro atoms. The average molecular weight is 347 g/mol. The largest absolute Gasteiger partial charge is 0.356 e. The molecule has 0 saturated carbocycles. The summed E-state index contributed by atoms with van der Waals surface area (Å²) in [4.78, 5) is 12.9. The van der Waals surface area contributed by atoms with Crippen molar-refractivity contribution in [2.75, 3.05) is 26.2 Å². The van der Waals surface area contributed by atoms with E-state index in [1.54, 1.807) is 11.3 Å². The maximum Gasteiger partial charge on any atom is 0.226 e. The number of aliphatic imine (C=N–C) groups is 1. The van der Waals surface area contributed by atoms with Gasteiger partial charge in [-0.25, -0.2) is 0 Å². The minimum absolute atomic E-state index is 0.703. The van der Waals surface area contributed by atoms with Crippen LogP contribution >= 0.6 is 11.3 Å². The normalized spacial score (nSPS) is 15.2. The van der Waals surface area contributed by atoms with Crippen LogP contribution < -0.4 is 5.32 Å². The monoisotopic (exact) mass is 347 g/mol. The molecule has 3 rings (SSSR count). The van der Waals surface area contributed by atoms with Gasteiger partial charge in [0, 0.05) is 50.3 Å². The van der Waals surface area contributed by atoms with Gasteiger partial charge in [-0.05, 0) is 24.3 Å². The number of hydrogen-bond acceptors (Lipinski definition) is 5. The van der Waals surface area contributed by atoms with Crippen LogP contribution in [-0.2, 0) is 19.3 Å². The zero-order valence-electron chi connectivity index (χ0n) is 14.2. The summed E-state index contributed by atoms with van der Waals surface area (Å²) in [7, 11) is 0. The molecule has 2 aromatic heterocycles. The summed E-state index contributed by atoms with van der Waals surface area (Å²) < 4.78 is 5.15. The first-order valence-corrected chi connectivity index (χ1v) is 9.60. The number of guanidine groups is 1. The maximum atomic E-state index is 5.15. The molecule has 1 aliphatic rings. The zero-order chi connectivity index (χ0) is 16.6. The summed E-state index contributed by atoms with van der Waals surface area (Å²) in [6.45, 7) is 5.79. The lowest BCUT2D eigenvalue weighted by Gasteiger charge is -2.21. The first-order chi connectivity index (χ1) is 11.8. The topological polar surface area (TPSA) is 66.6 Å². The highest BCUT2D eigenvalue weighted by Crippen LogP contribution is 2.10. The maximum absolute atomic E-state index is 5.15. The molecular formula is C17H25N5OS. The summed E-state index contributed by atoms with van der Waals surface area (Å²) in [6, 6.07) is 4.27. The Morgan fingerprint density at radius 1 is 1.38 bits per heavy atom. The fourth-order valence-electron chi connectivity index (χ4n) is 2.74. The fourth-order valence-corrected chi connectivity index (χ4v) is 3.44. The zero-order valence-corrected chi connectivity index (χ0v) is 15.0. The number of aromatic nitrogens is 2. The highest BCUT2D eigenvalue weighted by molar-refractivity contribution is 7.09. The van der Waals surface area contributed by atoms with Crippen LogP contribution in [0, 0.1) is 0 Å². The molecule has 3 heterocycles. The third kappa shape index (κ3) is 4.80. The molecule has 0 radical (unpaired) electrons. The van der Waals surface area contributed by atoms with Crippen LogP contribution in [0.3, 0.4) is 0 Å². The van der Waals surface area contributed by atoms with Crippen LogP contribution in [0.4, 0.5) is 0 Å². The lowest BCUT2D eigenvalue weighted by Crippen LogP contribution is -2.40. The Kier molecular flexibility index (Phi) is 6.23. The highest BCUT2D eigenvalue weighted by atomic mass is 32.1.